The molecular weight excluding hydrogens is 386 g/mol. The first-order valence-electron chi connectivity index (χ1n) is 10.7. The van der Waals surface area contributed by atoms with E-state index in [-0.39, 0.29) is 17.9 Å². The average Bonchev–Trinajstić information content (AvgIpc) is 3.07. The van der Waals surface area contributed by atoms with Crippen LogP contribution in [0.2, 0.25) is 0 Å². The van der Waals surface area contributed by atoms with E-state index in [4.69, 9.17) is 5.73 Å². The standard InChI is InChI=1S/C26H27N3O2/c1-17-15-22-21(26(27)31)11-12-23(25(22)18(17)2)29-14-6-9-20(16-29)28-24(30)13-10-19-7-4-3-5-8-19/h3-5,7-8,11-12,20H,6,9,14-16H2,1-2H3,(H2,27,31)(H,28,30)/t20-/m0/s1. The SMILES string of the molecule is CC1=C(C)c2c(N3CCC[C@H](NC(=O)C#Cc4ccccc4)C3)ccc(C(N)=O)c2C1. The number of anilines is 1. The number of nitrogens with two attached hydrogens (primary N) is 1. The first kappa shape index (κ1) is 20.7. The van der Waals surface area contributed by atoms with Crippen molar-refractivity contribution in [3.8, 4) is 11.8 Å². The van der Waals surface area contributed by atoms with Crippen LogP contribution in [0.3, 0.4) is 0 Å². The summed E-state index contributed by atoms with van der Waals surface area (Å²) in [7, 11) is 0. The number of fused-ring (bicyclic) bond motifs is 1. The van der Waals surface area contributed by atoms with Gasteiger partial charge in [-0.3, -0.25) is 9.59 Å². The van der Waals surface area contributed by atoms with Crippen molar-refractivity contribution in [3.05, 3.63) is 70.3 Å². The molecule has 4 rings (SSSR count). The van der Waals surface area contributed by atoms with Gasteiger partial charge in [0.15, 0.2) is 0 Å². The average molecular weight is 414 g/mol. The number of nitrogens with zero attached hydrogens (tertiary/aromatic N) is 1. The van der Waals surface area contributed by atoms with Gasteiger partial charge in [-0.2, -0.15) is 0 Å². The minimum Gasteiger partial charge on any atom is -0.369 e. The number of piperidine rings is 1. The van der Waals surface area contributed by atoms with E-state index in [1.54, 1.807) is 0 Å². The number of primary amides is 1. The van der Waals surface area contributed by atoms with Crippen LogP contribution in [0.4, 0.5) is 5.69 Å². The lowest BCUT2D eigenvalue weighted by molar-refractivity contribution is -0.116. The molecule has 3 N–H and O–H groups in total. The molecule has 0 bridgehead atoms. The second-order valence-corrected chi connectivity index (χ2v) is 8.31. The number of carbonyl (C=O) groups is 2. The number of benzene rings is 2. The Morgan fingerprint density at radius 3 is 2.65 bits per heavy atom. The summed E-state index contributed by atoms with van der Waals surface area (Å²) in [6.45, 7) is 5.84. The van der Waals surface area contributed by atoms with Gasteiger partial charge >= 0.3 is 0 Å². The van der Waals surface area contributed by atoms with E-state index in [9.17, 15) is 9.59 Å². The van der Waals surface area contributed by atoms with Gasteiger partial charge in [-0.1, -0.05) is 29.7 Å². The van der Waals surface area contributed by atoms with E-state index >= 15 is 0 Å². The summed E-state index contributed by atoms with van der Waals surface area (Å²) < 4.78 is 0. The highest BCUT2D eigenvalue weighted by Crippen LogP contribution is 2.41. The highest BCUT2D eigenvalue weighted by molar-refractivity contribution is 5.99. The molecule has 1 heterocycles. The van der Waals surface area contributed by atoms with E-state index in [1.807, 2.05) is 42.5 Å². The van der Waals surface area contributed by atoms with Crippen molar-refractivity contribution in [2.45, 2.75) is 39.2 Å². The molecule has 1 atom stereocenters. The zero-order valence-corrected chi connectivity index (χ0v) is 18.0. The van der Waals surface area contributed by atoms with Crippen LogP contribution in [0.25, 0.3) is 5.57 Å². The van der Waals surface area contributed by atoms with Crippen LogP contribution in [-0.4, -0.2) is 30.9 Å². The summed E-state index contributed by atoms with van der Waals surface area (Å²) in [5.41, 5.74) is 12.8. The molecule has 1 aliphatic heterocycles. The van der Waals surface area contributed by atoms with Crippen molar-refractivity contribution < 1.29 is 9.59 Å². The molecule has 0 unspecified atom stereocenters. The molecule has 158 valence electrons. The van der Waals surface area contributed by atoms with E-state index in [2.05, 4.69) is 35.9 Å². The third-order valence-electron chi connectivity index (χ3n) is 6.20. The molecule has 2 aliphatic rings. The molecule has 1 saturated heterocycles. The summed E-state index contributed by atoms with van der Waals surface area (Å²) in [6, 6.07) is 13.4. The van der Waals surface area contributed by atoms with Crippen LogP contribution in [0.15, 0.2) is 48.0 Å². The number of hydrogen-bond donors (Lipinski definition) is 2. The third-order valence-corrected chi connectivity index (χ3v) is 6.20. The quantitative estimate of drug-likeness (QED) is 0.759. The Hall–Kier alpha value is -3.52. The van der Waals surface area contributed by atoms with E-state index in [0.717, 1.165) is 48.2 Å². The van der Waals surface area contributed by atoms with Gasteiger partial charge in [0, 0.05) is 47.4 Å². The molecule has 5 nitrogen and oxygen atoms in total. The highest BCUT2D eigenvalue weighted by atomic mass is 16.1. The van der Waals surface area contributed by atoms with Crippen LogP contribution in [0.1, 0.15) is 53.7 Å². The summed E-state index contributed by atoms with van der Waals surface area (Å²) in [6.07, 6.45) is 2.66. The number of allylic oxidation sites excluding steroid dienone is 2. The van der Waals surface area contributed by atoms with Crippen LogP contribution in [0.5, 0.6) is 0 Å². The van der Waals surface area contributed by atoms with Gasteiger partial charge in [0.05, 0.1) is 0 Å². The van der Waals surface area contributed by atoms with Crippen molar-refractivity contribution in [2.24, 2.45) is 5.73 Å². The second kappa shape index (κ2) is 8.69. The van der Waals surface area contributed by atoms with Gasteiger partial charge in [-0.05, 0) is 68.5 Å². The Morgan fingerprint density at radius 2 is 1.90 bits per heavy atom. The van der Waals surface area contributed by atoms with Gasteiger partial charge < -0.3 is 16.0 Å². The van der Waals surface area contributed by atoms with Crippen molar-refractivity contribution >= 4 is 23.1 Å². The van der Waals surface area contributed by atoms with E-state index in [1.165, 1.54) is 11.1 Å². The minimum atomic E-state index is -0.383. The van der Waals surface area contributed by atoms with Gasteiger partial charge in [0.1, 0.15) is 0 Å². The van der Waals surface area contributed by atoms with Crippen molar-refractivity contribution in [1.29, 1.82) is 0 Å². The Balaban J connectivity index is 1.52. The lowest BCUT2D eigenvalue weighted by Gasteiger charge is -2.36. The molecule has 0 saturated carbocycles. The maximum atomic E-state index is 12.4. The zero-order chi connectivity index (χ0) is 22.0. The normalized spacial score (nSPS) is 17.6. The maximum absolute atomic E-state index is 12.4. The molecule has 1 aliphatic carbocycles. The van der Waals surface area contributed by atoms with Crippen LogP contribution in [0, 0.1) is 11.8 Å². The van der Waals surface area contributed by atoms with Crippen molar-refractivity contribution in [3.63, 3.8) is 0 Å². The molecular formula is C26H27N3O2. The number of carbonyl (C=O) groups excluding carboxylic acids is 2. The predicted octanol–water partition coefficient (Wildman–Crippen LogP) is 3.27. The fraction of sp³-hybridized carbons (Fsp3) is 0.308. The number of amides is 2. The topological polar surface area (TPSA) is 75.4 Å². The summed E-state index contributed by atoms with van der Waals surface area (Å²) in [4.78, 5) is 26.6. The first-order valence-corrected chi connectivity index (χ1v) is 10.7. The number of nitrogens with one attached hydrogen (secondary N) is 1. The number of rotatable bonds is 3. The van der Waals surface area contributed by atoms with E-state index < -0.39 is 0 Å². The van der Waals surface area contributed by atoms with Crippen LogP contribution >= 0.6 is 0 Å². The molecule has 2 aromatic rings. The minimum absolute atomic E-state index is 0.0320. The molecule has 2 aromatic carbocycles. The smallest absolute Gasteiger partial charge is 0.296 e. The van der Waals surface area contributed by atoms with E-state index in [0.29, 0.717) is 12.1 Å². The molecule has 31 heavy (non-hydrogen) atoms. The summed E-state index contributed by atoms with van der Waals surface area (Å²) in [5.74, 6) is 4.97. The fourth-order valence-corrected chi connectivity index (χ4v) is 4.53. The summed E-state index contributed by atoms with van der Waals surface area (Å²) in [5, 5.41) is 3.07. The monoisotopic (exact) mass is 413 g/mol. The third kappa shape index (κ3) is 4.34. The molecule has 1 fully saturated rings. The first-order chi connectivity index (χ1) is 14.9. The lowest BCUT2D eigenvalue weighted by atomic mass is 9.95. The Morgan fingerprint density at radius 1 is 1.13 bits per heavy atom. The van der Waals surface area contributed by atoms with Crippen LogP contribution in [-0.2, 0) is 11.2 Å². The van der Waals surface area contributed by atoms with Crippen LogP contribution < -0.4 is 16.0 Å². The number of hydrogen-bond acceptors (Lipinski definition) is 3. The summed E-state index contributed by atoms with van der Waals surface area (Å²) >= 11 is 0. The van der Waals surface area contributed by atoms with Crippen molar-refractivity contribution in [2.75, 3.05) is 18.0 Å². The Bertz CT molecular complexity index is 1120. The van der Waals surface area contributed by atoms with Gasteiger partial charge in [0.2, 0.25) is 5.91 Å². The zero-order valence-electron chi connectivity index (χ0n) is 18.0. The maximum Gasteiger partial charge on any atom is 0.296 e. The molecule has 0 aromatic heterocycles. The van der Waals surface area contributed by atoms with Gasteiger partial charge in [-0.15, -0.1) is 0 Å². The molecule has 2 amide bonds. The largest absolute Gasteiger partial charge is 0.369 e. The fourth-order valence-electron chi connectivity index (χ4n) is 4.53. The Labute approximate surface area is 183 Å². The Kier molecular flexibility index (Phi) is 5.81. The highest BCUT2D eigenvalue weighted by Gasteiger charge is 2.29. The van der Waals surface area contributed by atoms with Gasteiger partial charge in [0.25, 0.3) is 5.91 Å². The second-order valence-electron chi connectivity index (χ2n) is 8.31. The van der Waals surface area contributed by atoms with Gasteiger partial charge in [-0.25, -0.2) is 0 Å². The predicted molar refractivity (Wildman–Crippen MR) is 124 cm³/mol. The van der Waals surface area contributed by atoms with Crippen molar-refractivity contribution in [1.82, 2.24) is 5.32 Å². The molecule has 0 radical (unpaired) electrons. The molecule has 0 spiro atoms. The lowest BCUT2D eigenvalue weighted by Crippen LogP contribution is -2.47. The molecule has 5 heteroatoms.